The first-order valence-electron chi connectivity index (χ1n) is 7.72. The summed E-state index contributed by atoms with van der Waals surface area (Å²) < 4.78 is 27.1. The molecule has 1 saturated heterocycles. The average Bonchev–Trinajstić information content (AvgIpc) is 3.14. The summed E-state index contributed by atoms with van der Waals surface area (Å²) in [5.74, 6) is -0.676. The van der Waals surface area contributed by atoms with E-state index >= 15 is 0 Å². The SMILES string of the molecule is N#Cc1ccccc1S(=O)(=O)N1CCCC(C(=O)Nc2nccs2)C1. The van der Waals surface area contributed by atoms with Gasteiger partial charge in [-0.15, -0.1) is 11.3 Å². The third-order valence-electron chi connectivity index (χ3n) is 4.04. The minimum atomic E-state index is -3.82. The van der Waals surface area contributed by atoms with Gasteiger partial charge >= 0.3 is 0 Å². The van der Waals surface area contributed by atoms with E-state index < -0.39 is 15.9 Å². The van der Waals surface area contributed by atoms with Crippen molar-refractivity contribution >= 4 is 32.4 Å². The smallest absolute Gasteiger partial charge is 0.244 e. The maximum Gasteiger partial charge on any atom is 0.244 e. The van der Waals surface area contributed by atoms with Gasteiger partial charge in [-0.25, -0.2) is 13.4 Å². The van der Waals surface area contributed by atoms with E-state index in [1.807, 2.05) is 6.07 Å². The number of amides is 1. The Kier molecular flexibility index (Phi) is 5.13. The highest BCUT2D eigenvalue weighted by molar-refractivity contribution is 7.89. The third-order valence-corrected chi connectivity index (χ3v) is 6.65. The normalized spacial score (nSPS) is 18.4. The van der Waals surface area contributed by atoms with Crippen LogP contribution < -0.4 is 5.32 Å². The van der Waals surface area contributed by atoms with Gasteiger partial charge in [-0.2, -0.15) is 9.57 Å². The standard InChI is InChI=1S/C16H16N4O3S2/c17-10-12-4-1-2-6-14(12)25(22,23)20-8-3-5-13(11-20)15(21)19-16-18-7-9-24-16/h1-2,4,6-7,9,13H,3,5,8,11H2,(H,18,19,21). The molecule has 1 N–H and O–H groups in total. The van der Waals surface area contributed by atoms with Crippen molar-refractivity contribution in [2.75, 3.05) is 18.4 Å². The van der Waals surface area contributed by atoms with Crippen molar-refractivity contribution < 1.29 is 13.2 Å². The van der Waals surface area contributed by atoms with Crippen LogP contribution in [-0.4, -0.2) is 36.7 Å². The highest BCUT2D eigenvalue weighted by atomic mass is 32.2. The molecule has 2 aromatic rings. The van der Waals surface area contributed by atoms with Crippen molar-refractivity contribution in [2.45, 2.75) is 17.7 Å². The van der Waals surface area contributed by atoms with Crippen LogP contribution in [0, 0.1) is 17.2 Å². The van der Waals surface area contributed by atoms with Crippen LogP contribution >= 0.6 is 11.3 Å². The van der Waals surface area contributed by atoms with E-state index in [4.69, 9.17) is 5.26 Å². The molecule has 25 heavy (non-hydrogen) atoms. The van der Waals surface area contributed by atoms with Crippen molar-refractivity contribution in [3.8, 4) is 6.07 Å². The molecule has 0 spiro atoms. The van der Waals surface area contributed by atoms with Gasteiger partial charge in [0, 0.05) is 24.7 Å². The third kappa shape index (κ3) is 3.71. The van der Waals surface area contributed by atoms with Crippen molar-refractivity contribution in [3.05, 3.63) is 41.4 Å². The molecule has 0 saturated carbocycles. The number of nitrogens with zero attached hydrogens (tertiary/aromatic N) is 3. The Morgan fingerprint density at radius 2 is 2.20 bits per heavy atom. The fourth-order valence-corrected chi connectivity index (χ4v) is 4.99. The lowest BCUT2D eigenvalue weighted by Crippen LogP contribution is -2.43. The number of carbonyl (C=O) groups excluding carboxylic acids is 1. The summed E-state index contributed by atoms with van der Waals surface area (Å²) in [6.07, 6.45) is 2.80. The second kappa shape index (κ2) is 7.31. The number of thiazole rings is 1. The number of nitrogens with one attached hydrogen (secondary N) is 1. The minimum absolute atomic E-state index is 0.0153. The number of hydrogen-bond acceptors (Lipinski definition) is 6. The summed E-state index contributed by atoms with van der Waals surface area (Å²) in [6.45, 7) is 0.433. The highest BCUT2D eigenvalue weighted by Crippen LogP contribution is 2.26. The molecule has 1 aliphatic heterocycles. The van der Waals surface area contributed by atoms with Crippen molar-refractivity contribution in [1.82, 2.24) is 9.29 Å². The minimum Gasteiger partial charge on any atom is -0.302 e. The number of carbonyl (C=O) groups is 1. The summed E-state index contributed by atoms with van der Waals surface area (Å²) in [4.78, 5) is 16.4. The number of aromatic nitrogens is 1. The van der Waals surface area contributed by atoms with Gasteiger partial charge in [-0.05, 0) is 25.0 Å². The molecule has 1 aliphatic rings. The lowest BCUT2D eigenvalue weighted by molar-refractivity contribution is -0.120. The quantitative estimate of drug-likeness (QED) is 0.880. The Labute approximate surface area is 150 Å². The molecule has 1 aromatic heterocycles. The van der Waals surface area contributed by atoms with Crippen molar-refractivity contribution in [3.63, 3.8) is 0 Å². The Morgan fingerprint density at radius 1 is 1.40 bits per heavy atom. The van der Waals surface area contributed by atoms with Crippen molar-refractivity contribution in [1.29, 1.82) is 5.26 Å². The zero-order valence-corrected chi connectivity index (χ0v) is 14.9. The summed E-state index contributed by atoms with van der Waals surface area (Å²) in [5, 5.41) is 14.1. The monoisotopic (exact) mass is 376 g/mol. The molecule has 1 fully saturated rings. The van der Waals surface area contributed by atoms with Crippen LogP contribution in [0.4, 0.5) is 5.13 Å². The summed E-state index contributed by atoms with van der Waals surface area (Å²) in [6, 6.07) is 8.02. The van der Waals surface area contributed by atoms with Crippen LogP contribution in [0.15, 0.2) is 40.7 Å². The molecule has 1 amide bonds. The molecule has 0 bridgehead atoms. The van der Waals surface area contributed by atoms with Crippen LogP contribution in [-0.2, 0) is 14.8 Å². The predicted molar refractivity (Wildman–Crippen MR) is 93.4 cm³/mol. The Bertz CT molecular complexity index is 904. The van der Waals surface area contributed by atoms with E-state index in [2.05, 4.69) is 10.3 Å². The fraction of sp³-hybridized carbons (Fsp3) is 0.312. The average molecular weight is 376 g/mol. The Morgan fingerprint density at radius 3 is 2.92 bits per heavy atom. The van der Waals surface area contributed by atoms with Gasteiger partial charge in [0.2, 0.25) is 15.9 Å². The molecule has 1 unspecified atom stereocenters. The zero-order valence-electron chi connectivity index (χ0n) is 13.3. The summed E-state index contributed by atoms with van der Waals surface area (Å²) in [5.41, 5.74) is 0.108. The Hall–Kier alpha value is -2.28. The Balaban J connectivity index is 1.78. The number of benzene rings is 1. The highest BCUT2D eigenvalue weighted by Gasteiger charge is 2.34. The molecular formula is C16H16N4O3S2. The molecule has 2 heterocycles. The number of rotatable bonds is 4. The molecule has 0 radical (unpaired) electrons. The fourth-order valence-electron chi connectivity index (χ4n) is 2.79. The number of nitriles is 1. The number of anilines is 1. The molecule has 9 heteroatoms. The number of hydrogen-bond donors (Lipinski definition) is 1. The first-order chi connectivity index (χ1) is 12.0. The summed E-state index contributed by atoms with van der Waals surface area (Å²) in [7, 11) is -3.82. The molecule has 7 nitrogen and oxygen atoms in total. The van der Waals surface area contributed by atoms with Gasteiger partial charge in [-0.1, -0.05) is 12.1 Å². The van der Waals surface area contributed by atoms with Crippen LogP contribution in [0.3, 0.4) is 0 Å². The zero-order chi connectivity index (χ0) is 17.9. The van der Waals surface area contributed by atoms with Crippen LogP contribution in [0.5, 0.6) is 0 Å². The van der Waals surface area contributed by atoms with E-state index in [0.29, 0.717) is 24.5 Å². The first-order valence-corrected chi connectivity index (χ1v) is 10.0. The lowest BCUT2D eigenvalue weighted by Gasteiger charge is -2.31. The lowest BCUT2D eigenvalue weighted by atomic mass is 9.99. The van der Waals surface area contributed by atoms with E-state index in [1.54, 1.807) is 23.7 Å². The van der Waals surface area contributed by atoms with Gasteiger partial charge in [0.15, 0.2) is 5.13 Å². The van der Waals surface area contributed by atoms with Gasteiger partial charge in [-0.3, -0.25) is 4.79 Å². The second-order valence-electron chi connectivity index (χ2n) is 5.64. The molecule has 130 valence electrons. The number of sulfonamides is 1. The maximum absolute atomic E-state index is 12.9. The number of piperidine rings is 1. The van der Waals surface area contributed by atoms with Crippen LogP contribution in [0.25, 0.3) is 0 Å². The molecular weight excluding hydrogens is 360 g/mol. The van der Waals surface area contributed by atoms with Crippen molar-refractivity contribution in [2.24, 2.45) is 5.92 Å². The second-order valence-corrected chi connectivity index (χ2v) is 8.44. The van der Waals surface area contributed by atoms with Crippen LogP contribution in [0.2, 0.25) is 0 Å². The maximum atomic E-state index is 12.9. The van der Waals surface area contributed by atoms with E-state index in [1.165, 1.54) is 27.8 Å². The van der Waals surface area contributed by atoms with Gasteiger partial charge in [0.1, 0.15) is 6.07 Å². The predicted octanol–water partition coefficient (Wildman–Crippen LogP) is 2.05. The largest absolute Gasteiger partial charge is 0.302 e. The topological polar surface area (TPSA) is 103 Å². The first kappa shape index (κ1) is 17.5. The van der Waals surface area contributed by atoms with E-state index in [-0.39, 0.29) is 22.9 Å². The van der Waals surface area contributed by atoms with Gasteiger partial charge < -0.3 is 5.32 Å². The molecule has 1 aromatic carbocycles. The van der Waals surface area contributed by atoms with Gasteiger partial charge in [0.05, 0.1) is 16.4 Å². The van der Waals surface area contributed by atoms with E-state index in [0.717, 1.165) is 0 Å². The molecule has 3 rings (SSSR count). The van der Waals surface area contributed by atoms with E-state index in [9.17, 15) is 13.2 Å². The molecule has 1 atom stereocenters. The van der Waals surface area contributed by atoms with Crippen LogP contribution in [0.1, 0.15) is 18.4 Å². The summed E-state index contributed by atoms with van der Waals surface area (Å²) >= 11 is 1.31. The van der Waals surface area contributed by atoms with Gasteiger partial charge in [0.25, 0.3) is 0 Å². The molecule has 0 aliphatic carbocycles.